The van der Waals surface area contributed by atoms with E-state index < -0.39 is 55.8 Å². The van der Waals surface area contributed by atoms with Crippen LogP contribution in [-0.4, -0.2) is 55.8 Å². The van der Waals surface area contributed by atoms with E-state index in [-0.39, 0.29) is 0 Å². The van der Waals surface area contributed by atoms with Crippen LogP contribution >= 0.6 is 0 Å². The zero-order valence-electron chi connectivity index (χ0n) is 11.6. The fraction of sp³-hybridized carbons (Fsp3) is 1.00. The van der Waals surface area contributed by atoms with Crippen LogP contribution in [0.1, 0.15) is 0 Å². The van der Waals surface area contributed by atoms with Gasteiger partial charge in [-0.25, -0.2) is 0 Å². The zero-order valence-corrected chi connectivity index (χ0v) is 20.0. The molecule has 0 aromatic heterocycles. The molecule has 1 aliphatic rings. The molecule has 4 nitrogen and oxygen atoms in total. The van der Waals surface area contributed by atoms with Gasteiger partial charge in [0.1, 0.15) is 0 Å². The van der Waals surface area contributed by atoms with Crippen molar-refractivity contribution in [2.24, 2.45) is 0 Å². The normalized spacial score (nSPS) is 31.5. The maximum atomic E-state index is 6.28. The summed E-state index contributed by atoms with van der Waals surface area (Å²) in [6.45, 7) is 0. The molecular weight excluding hydrogens is 451 g/mol. The van der Waals surface area contributed by atoms with Crippen molar-refractivity contribution in [2.75, 3.05) is 0 Å². The molecule has 1 rings (SSSR count). The Labute approximate surface area is 112 Å². The van der Waals surface area contributed by atoms with E-state index in [2.05, 4.69) is 46.0 Å². The SMILES string of the molecule is [CH3][Ge]1([CH3])[O][Ge]([CH3])([CH3])[O][Ge]([CH3])([CH3])[O][Ge]([CH3])([CH3])[O]1. The van der Waals surface area contributed by atoms with Gasteiger partial charge in [-0.2, -0.15) is 0 Å². The van der Waals surface area contributed by atoms with Gasteiger partial charge in [-0.05, 0) is 0 Å². The Morgan fingerprint density at radius 3 is 0.625 bits per heavy atom. The summed E-state index contributed by atoms with van der Waals surface area (Å²) < 4.78 is 25.1. The molecule has 96 valence electrons. The third-order valence-corrected chi connectivity index (χ3v) is 53.1. The Bertz CT molecular complexity index is 205. The van der Waals surface area contributed by atoms with E-state index in [9.17, 15) is 0 Å². The fourth-order valence-corrected chi connectivity index (χ4v) is 75.6. The second kappa shape index (κ2) is 4.84. The van der Waals surface area contributed by atoms with Crippen molar-refractivity contribution in [1.29, 1.82) is 0 Å². The van der Waals surface area contributed by atoms with Gasteiger partial charge in [0.2, 0.25) is 0 Å². The van der Waals surface area contributed by atoms with Crippen molar-refractivity contribution >= 4 is 55.8 Å². The summed E-state index contributed by atoms with van der Waals surface area (Å²) in [7, 11) is 0. The molecule has 0 N–H and O–H groups in total. The van der Waals surface area contributed by atoms with Gasteiger partial charge < -0.3 is 0 Å². The first-order chi connectivity index (χ1) is 6.83. The first-order valence-electron chi connectivity index (χ1n) is 5.63. The summed E-state index contributed by atoms with van der Waals surface area (Å²) in [6.07, 6.45) is 0. The summed E-state index contributed by atoms with van der Waals surface area (Å²) in [6, 6.07) is 0. The summed E-state index contributed by atoms with van der Waals surface area (Å²) in [5.74, 6) is 17.2. The molecule has 1 aliphatic heterocycles. The Hall–Kier alpha value is 2.01. The molecule has 0 saturated carbocycles. The third-order valence-electron chi connectivity index (χ3n) is 1.97. The molecule has 0 aromatic carbocycles. The standard InChI is InChI=1S/C8H24Ge4O4/c1-9(2)13-10(3,4)15-12(7,8)16-11(5,6)14-9/h1-8H3. The predicted octanol–water partition coefficient (Wildman–Crippen LogP) is 2.87. The maximum absolute atomic E-state index is 6.28. The fourth-order valence-electron chi connectivity index (χ4n) is 2.45. The monoisotopic (exact) mass is 480 g/mol. The van der Waals surface area contributed by atoms with Gasteiger partial charge in [0.05, 0.1) is 0 Å². The number of rotatable bonds is 0. The van der Waals surface area contributed by atoms with E-state index >= 15 is 0 Å². The van der Waals surface area contributed by atoms with Crippen LogP contribution < -0.4 is 0 Å². The van der Waals surface area contributed by atoms with E-state index in [0.717, 1.165) is 0 Å². The molecule has 8 heteroatoms. The zero-order chi connectivity index (χ0) is 12.8. The quantitative estimate of drug-likeness (QED) is 0.506. The first-order valence-corrected chi connectivity index (χ1v) is 29.3. The summed E-state index contributed by atoms with van der Waals surface area (Å²) in [4.78, 5) is 0. The molecule has 0 unspecified atom stereocenters. The van der Waals surface area contributed by atoms with Gasteiger partial charge in [0.15, 0.2) is 0 Å². The molecule has 1 heterocycles. The van der Waals surface area contributed by atoms with Crippen LogP contribution in [0.15, 0.2) is 0 Å². The van der Waals surface area contributed by atoms with Crippen molar-refractivity contribution in [3.05, 3.63) is 0 Å². The average Bonchev–Trinajstić information content (AvgIpc) is 1.67. The molecule has 0 aliphatic carbocycles. The summed E-state index contributed by atoms with van der Waals surface area (Å²) in [5, 5.41) is 0. The van der Waals surface area contributed by atoms with Crippen LogP contribution in [0.4, 0.5) is 0 Å². The molecule has 0 amide bonds. The van der Waals surface area contributed by atoms with Gasteiger partial charge in [-0.1, -0.05) is 0 Å². The molecule has 0 atom stereocenters. The molecule has 0 spiro atoms. The summed E-state index contributed by atoms with van der Waals surface area (Å²) >= 11 is -10.3. The van der Waals surface area contributed by atoms with Crippen LogP contribution in [0.5, 0.6) is 0 Å². The molecule has 0 bridgehead atoms. The van der Waals surface area contributed by atoms with E-state index in [1.165, 1.54) is 0 Å². The molecule has 0 aromatic rings. The van der Waals surface area contributed by atoms with E-state index in [1.54, 1.807) is 0 Å². The Morgan fingerprint density at radius 2 is 0.500 bits per heavy atom. The van der Waals surface area contributed by atoms with Crippen molar-refractivity contribution in [2.45, 2.75) is 46.0 Å². The molecule has 0 radical (unpaired) electrons. The Morgan fingerprint density at radius 1 is 0.375 bits per heavy atom. The second-order valence-electron chi connectivity index (χ2n) is 6.01. The van der Waals surface area contributed by atoms with Crippen molar-refractivity contribution in [3.8, 4) is 0 Å². The van der Waals surface area contributed by atoms with Crippen LogP contribution in [0.3, 0.4) is 0 Å². The number of hydrogen-bond donors (Lipinski definition) is 0. The second-order valence-corrected chi connectivity index (χ2v) is 40.1. The first kappa shape index (κ1) is 16.1. The van der Waals surface area contributed by atoms with Crippen LogP contribution in [0, 0.1) is 0 Å². The Kier molecular flexibility index (Phi) is 4.86. The van der Waals surface area contributed by atoms with Gasteiger partial charge in [-0.15, -0.1) is 0 Å². The summed E-state index contributed by atoms with van der Waals surface area (Å²) in [5.41, 5.74) is 0. The molecule has 1 fully saturated rings. The Balaban J connectivity index is 2.98. The van der Waals surface area contributed by atoms with Crippen molar-refractivity contribution < 1.29 is 11.2 Å². The van der Waals surface area contributed by atoms with Crippen LogP contribution in [0.2, 0.25) is 46.0 Å². The molecule has 16 heavy (non-hydrogen) atoms. The topological polar surface area (TPSA) is 36.9 Å². The molecular formula is C8H24Ge4O4. The van der Waals surface area contributed by atoms with Crippen molar-refractivity contribution in [3.63, 3.8) is 0 Å². The van der Waals surface area contributed by atoms with Gasteiger partial charge in [0, 0.05) is 0 Å². The van der Waals surface area contributed by atoms with E-state index in [4.69, 9.17) is 11.2 Å². The molecule has 1 saturated heterocycles. The van der Waals surface area contributed by atoms with Gasteiger partial charge in [-0.3, -0.25) is 0 Å². The third kappa shape index (κ3) is 5.33. The van der Waals surface area contributed by atoms with E-state index in [0.29, 0.717) is 0 Å². The van der Waals surface area contributed by atoms with E-state index in [1.807, 2.05) is 0 Å². The minimum atomic E-state index is -2.58. The van der Waals surface area contributed by atoms with Crippen LogP contribution in [0.25, 0.3) is 0 Å². The van der Waals surface area contributed by atoms with Crippen molar-refractivity contribution in [1.82, 2.24) is 0 Å². The van der Waals surface area contributed by atoms with Gasteiger partial charge in [0.25, 0.3) is 0 Å². The predicted molar refractivity (Wildman–Crippen MR) is 74.3 cm³/mol. The van der Waals surface area contributed by atoms with Crippen LogP contribution in [-0.2, 0) is 11.2 Å². The number of hydrogen-bond acceptors (Lipinski definition) is 4. The average molecular weight is 475 g/mol. The minimum absolute atomic E-state index is 2.15. The van der Waals surface area contributed by atoms with Gasteiger partial charge >= 0.3 is 113 Å².